The summed E-state index contributed by atoms with van der Waals surface area (Å²) >= 11 is 0. The van der Waals surface area contributed by atoms with Gasteiger partial charge in [-0.2, -0.15) is 18.3 Å². The molecule has 0 aromatic carbocycles. The van der Waals surface area contributed by atoms with Crippen molar-refractivity contribution in [2.24, 2.45) is 5.92 Å². The molecule has 1 unspecified atom stereocenters. The Morgan fingerprint density at radius 1 is 1.58 bits per heavy atom. The molecule has 0 spiro atoms. The molecule has 0 saturated heterocycles. The summed E-state index contributed by atoms with van der Waals surface area (Å²) in [5.74, 6) is 0.300. The molecule has 4 nitrogen and oxygen atoms in total. The molecule has 1 amide bonds. The van der Waals surface area contributed by atoms with Crippen LogP contribution in [0.5, 0.6) is 0 Å². The minimum Gasteiger partial charge on any atom is -0.341 e. The Labute approximate surface area is 109 Å². The van der Waals surface area contributed by atoms with Crippen LogP contribution in [0.2, 0.25) is 0 Å². The van der Waals surface area contributed by atoms with Crippen LogP contribution in [-0.4, -0.2) is 33.7 Å². The first kappa shape index (κ1) is 13.9. The van der Waals surface area contributed by atoms with Gasteiger partial charge in [0.25, 0.3) is 0 Å². The molecule has 106 valence electrons. The van der Waals surface area contributed by atoms with Crippen molar-refractivity contribution >= 4 is 5.91 Å². The second kappa shape index (κ2) is 4.86. The number of amides is 1. The fourth-order valence-electron chi connectivity index (χ4n) is 1.97. The normalized spacial score (nSPS) is 17.3. The van der Waals surface area contributed by atoms with Gasteiger partial charge in [0.05, 0.1) is 0 Å². The molecule has 19 heavy (non-hydrogen) atoms. The Bertz CT molecular complexity index is 465. The van der Waals surface area contributed by atoms with Gasteiger partial charge in [0.2, 0.25) is 5.91 Å². The van der Waals surface area contributed by atoms with E-state index in [2.05, 4.69) is 5.10 Å². The highest BCUT2D eigenvalue weighted by Crippen LogP contribution is 2.34. The van der Waals surface area contributed by atoms with Gasteiger partial charge in [-0.05, 0) is 31.7 Å². The Balaban J connectivity index is 1.96. The molecule has 1 aromatic heterocycles. The summed E-state index contributed by atoms with van der Waals surface area (Å²) in [5, 5.41) is 3.37. The average molecular weight is 275 g/mol. The zero-order valence-corrected chi connectivity index (χ0v) is 10.8. The van der Waals surface area contributed by atoms with Gasteiger partial charge in [0.15, 0.2) is 5.69 Å². The molecule has 1 atom stereocenters. The van der Waals surface area contributed by atoms with Gasteiger partial charge < -0.3 is 4.90 Å². The molecule has 7 heteroatoms. The van der Waals surface area contributed by atoms with E-state index in [0.29, 0.717) is 5.92 Å². The number of rotatable bonds is 4. The first-order valence-electron chi connectivity index (χ1n) is 6.15. The molecule has 1 aliphatic rings. The fourth-order valence-corrected chi connectivity index (χ4v) is 1.97. The van der Waals surface area contributed by atoms with Crippen LogP contribution < -0.4 is 0 Å². The van der Waals surface area contributed by atoms with Crippen LogP contribution in [-0.2, 0) is 17.5 Å². The van der Waals surface area contributed by atoms with E-state index in [9.17, 15) is 18.0 Å². The van der Waals surface area contributed by atoms with E-state index in [0.717, 1.165) is 23.6 Å². The van der Waals surface area contributed by atoms with Crippen LogP contribution in [0, 0.1) is 5.92 Å². The fraction of sp³-hybridized carbons (Fsp3) is 0.667. The maximum absolute atomic E-state index is 12.4. The molecule has 1 aliphatic carbocycles. The van der Waals surface area contributed by atoms with E-state index in [-0.39, 0.29) is 18.5 Å². The molecule has 0 bridgehead atoms. The third-order valence-electron chi connectivity index (χ3n) is 3.54. The second-order valence-electron chi connectivity index (χ2n) is 4.98. The summed E-state index contributed by atoms with van der Waals surface area (Å²) < 4.78 is 38.1. The smallest absolute Gasteiger partial charge is 0.341 e. The molecule has 0 aliphatic heterocycles. The highest BCUT2D eigenvalue weighted by Gasteiger charge is 2.34. The van der Waals surface area contributed by atoms with Crippen molar-refractivity contribution in [2.45, 2.75) is 38.5 Å². The number of alkyl halides is 3. The number of halogens is 3. The molecule has 1 heterocycles. The molecular weight excluding hydrogens is 259 g/mol. The lowest BCUT2D eigenvalue weighted by molar-refractivity contribution is -0.142. The number of nitrogens with zero attached hydrogens (tertiary/aromatic N) is 3. The van der Waals surface area contributed by atoms with Crippen LogP contribution in [0.3, 0.4) is 0 Å². The van der Waals surface area contributed by atoms with Crippen LogP contribution in [0.15, 0.2) is 12.3 Å². The predicted molar refractivity (Wildman–Crippen MR) is 62.2 cm³/mol. The third kappa shape index (κ3) is 3.27. The summed E-state index contributed by atoms with van der Waals surface area (Å²) in [7, 11) is 1.68. The minimum absolute atomic E-state index is 0.130. The van der Waals surface area contributed by atoms with Gasteiger partial charge >= 0.3 is 6.18 Å². The average Bonchev–Trinajstić information content (AvgIpc) is 3.06. The lowest BCUT2D eigenvalue weighted by Crippen LogP contribution is -2.38. The summed E-state index contributed by atoms with van der Waals surface area (Å²) in [5.41, 5.74) is -0.974. The lowest BCUT2D eigenvalue weighted by Gasteiger charge is -2.24. The van der Waals surface area contributed by atoms with Crippen molar-refractivity contribution in [3.05, 3.63) is 18.0 Å². The summed E-state index contributed by atoms with van der Waals surface area (Å²) in [6, 6.07) is 1.00. The van der Waals surface area contributed by atoms with Gasteiger partial charge in [-0.15, -0.1) is 0 Å². The summed E-state index contributed by atoms with van der Waals surface area (Å²) in [6.45, 7) is 1.80. The Hall–Kier alpha value is -1.53. The van der Waals surface area contributed by atoms with Gasteiger partial charge in [-0.1, -0.05) is 0 Å². The van der Waals surface area contributed by atoms with Gasteiger partial charge in [0.1, 0.15) is 6.54 Å². The van der Waals surface area contributed by atoms with E-state index in [1.54, 1.807) is 11.9 Å². The summed E-state index contributed by atoms with van der Waals surface area (Å²) in [6.07, 6.45) is -1.07. The number of carbonyl (C=O) groups is 1. The number of carbonyl (C=O) groups excluding carboxylic acids is 1. The Kier molecular flexibility index (Phi) is 3.56. The first-order valence-corrected chi connectivity index (χ1v) is 6.15. The third-order valence-corrected chi connectivity index (χ3v) is 3.54. The quantitative estimate of drug-likeness (QED) is 0.844. The van der Waals surface area contributed by atoms with E-state index in [1.807, 2.05) is 6.92 Å². The monoisotopic (exact) mass is 275 g/mol. The topological polar surface area (TPSA) is 38.1 Å². The Morgan fingerprint density at radius 3 is 2.68 bits per heavy atom. The van der Waals surface area contributed by atoms with Crippen molar-refractivity contribution in [3.8, 4) is 0 Å². The number of aromatic nitrogens is 2. The van der Waals surface area contributed by atoms with Gasteiger partial charge in [-0.25, -0.2) is 0 Å². The molecule has 0 radical (unpaired) electrons. The van der Waals surface area contributed by atoms with Crippen LogP contribution in [0.25, 0.3) is 0 Å². The SMILES string of the molecule is CC(C1CC1)N(C)C(=O)Cn1ccc(C(F)(F)F)n1. The number of likely N-dealkylation sites (N-methyl/N-ethyl adjacent to an activating group) is 1. The molecular formula is C12H16F3N3O. The lowest BCUT2D eigenvalue weighted by atomic mass is 10.2. The van der Waals surface area contributed by atoms with E-state index in [4.69, 9.17) is 0 Å². The molecule has 1 aromatic rings. The largest absolute Gasteiger partial charge is 0.435 e. The molecule has 1 fully saturated rings. The van der Waals surface area contributed by atoms with Crippen LogP contribution in [0.1, 0.15) is 25.5 Å². The van der Waals surface area contributed by atoms with Crippen molar-refractivity contribution in [2.75, 3.05) is 7.05 Å². The minimum atomic E-state index is -4.47. The summed E-state index contributed by atoms with van der Waals surface area (Å²) in [4.78, 5) is 13.5. The number of hydrogen-bond acceptors (Lipinski definition) is 2. The molecule has 0 N–H and O–H groups in total. The number of hydrogen-bond donors (Lipinski definition) is 0. The second-order valence-corrected chi connectivity index (χ2v) is 4.98. The van der Waals surface area contributed by atoms with E-state index >= 15 is 0 Å². The Morgan fingerprint density at radius 2 is 2.21 bits per heavy atom. The maximum Gasteiger partial charge on any atom is 0.435 e. The van der Waals surface area contributed by atoms with Gasteiger partial charge in [-0.3, -0.25) is 9.48 Å². The van der Waals surface area contributed by atoms with E-state index in [1.165, 1.54) is 6.20 Å². The standard InChI is InChI=1S/C12H16F3N3O/c1-8(9-3-4-9)17(2)11(19)7-18-6-5-10(16-18)12(13,14)15/h5-6,8-9H,3-4,7H2,1-2H3. The van der Waals surface area contributed by atoms with Crippen molar-refractivity contribution in [1.82, 2.24) is 14.7 Å². The van der Waals surface area contributed by atoms with Crippen molar-refractivity contribution in [3.63, 3.8) is 0 Å². The van der Waals surface area contributed by atoms with Crippen molar-refractivity contribution in [1.29, 1.82) is 0 Å². The highest BCUT2D eigenvalue weighted by atomic mass is 19.4. The zero-order valence-electron chi connectivity index (χ0n) is 10.8. The van der Waals surface area contributed by atoms with Crippen LogP contribution >= 0.6 is 0 Å². The molecule has 1 saturated carbocycles. The van der Waals surface area contributed by atoms with Gasteiger partial charge in [0, 0.05) is 19.3 Å². The highest BCUT2D eigenvalue weighted by molar-refractivity contribution is 5.76. The maximum atomic E-state index is 12.4. The van der Waals surface area contributed by atoms with E-state index < -0.39 is 11.9 Å². The first-order chi connectivity index (χ1) is 8.79. The van der Waals surface area contributed by atoms with Crippen molar-refractivity contribution < 1.29 is 18.0 Å². The predicted octanol–water partition coefficient (Wildman–Crippen LogP) is 2.16. The van der Waals surface area contributed by atoms with Crippen LogP contribution in [0.4, 0.5) is 13.2 Å². The molecule has 2 rings (SSSR count). The zero-order chi connectivity index (χ0) is 14.2.